The van der Waals surface area contributed by atoms with Crippen molar-refractivity contribution in [3.05, 3.63) is 252 Å². The lowest BCUT2D eigenvalue weighted by Crippen LogP contribution is -2.25. The van der Waals surface area contributed by atoms with Gasteiger partial charge in [0.1, 0.15) is 58.4 Å². The summed E-state index contributed by atoms with van der Waals surface area (Å²) in [6.45, 7) is 22.2. The lowest BCUT2D eigenvalue weighted by atomic mass is 9.74. The summed E-state index contributed by atoms with van der Waals surface area (Å²) in [5.74, 6) is 6.44. The second-order valence-electron chi connectivity index (χ2n) is 34.4. The van der Waals surface area contributed by atoms with Gasteiger partial charge in [-0.15, -0.1) is 0 Å². The van der Waals surface area contributed by atoms with Gasteiger partial charge in [0.25, 0.3) is 0 Å². The standard InChI is InChI=1S/C107H114N4O9/c1-11-15-19-23-30-75-79-55-80-76(31-24-20-16-12-2)82-57-84-78(33-26-22-18-14-4)86-58-85-77(32-25-21-17-13-3)83-56-81(75)102-68(9)104(83)117-62-119-106(85)87(107(86)120-63-118-105(84)69(10)103(82)116-61-114-101(80)67(8)100(79)113-60-115-102)59-112-74-29-27-28-73(54-74)99-94-52-50-92(110-94)97(71-42-36-65(6)37-43-71)90-48-46-88(108-90)96(70-40-34-64(5)35-41-70)89-47-49-91(109-89)98(93-51-53-95(99)111-93)72-44-38-66(7)39-45-72/h27-29,34-58,75-78,108,111H,11-26,30-33,59-63H2,1-10H3. The van der Waals surface area contributed by atoms with E-state index in [0.29, 0.717) is 17.2 Å². The van der Waals surface area contributed by atoms with Gasteiger partial charge in [-0.1, -0.05) is 232 Å². The Labute approximate surface area is 707 Å². The molecule has 13 nitrogen and oxygen atoms in total. The number of unbranched alkanes of at least 4 members (excludes halogenated alkanes) is 12. The van der Waals surface area contributed by atoms with Gasteiger partial charge >= 0.3 is 0 Å². The Bertz CT molecular complexity index is 5720. The number of nitrogens with one attached hydrogen (secondary N) is 2. The number of aromatic nitrogens is 4. The van der Waals surface area contributed by atoms with Crippen LogP contribution in [0, 0.1) is 41.5 Å². The first-order chi connectivity index (χ1) is 58.8. The van der Waals surface area contributed by atoms with Crippen LogP contribution >= 0.6 is 0 Å². The van der Waals surface area contributed by atoms with Crippen LogP contribution in [0.2, 0.25) is 0 Å². The Kier molecular flexibility index (Phi) is 23.3. The highest BCUT2D eigenvalue weighted by molar-refractivity contribution is 6.00. The summed E-state index contributed by atoms with van der Waals surface area (Å²) in [5, 5.41) is 0. The molecule has 1 aliphatic carbocycles. The normalized spacial score (nSPS) is 16.3. The lowest BCUT2D eigenvalue weighted by molar-refractivity contribution is 0.0938. The van der Waals surface area contributed by atoms with Gasteiger partial charge in [-0.05, 0) is 174 Å². The van der Waals surface area contributed by atoms with E-state index in [1.54, 1.807) is 0 Å². The van der Waals surface area contributed by atoms with Gasteiger partial charge in [-0.3, -0.25) is 0 Å². The first-order valence-corrected chi connectivity index (χ1v) is 44.7. The summed E-state index contributed by atoms with van der Waals surface area (Å²) >= 11 is 0. The van der Waals surface area contributed by atoms with E-state index >= 15 is 0 Å². The second kappa shape index (κ2) is 35.1. The minimum atomic E-state index is -0.190. The minimum absolute atomic E-state index is 0.0176. The van der Waals surface area contributed by atoms with Crippen LogP contribution < -0.4 is 42.6 Å². The van der Waals surface area contributed by atoms with Crippen molar-refractivity contribution in [1.29, 1.82) is 0 Å². The number of benzene rings is 8. The van der Waals surface area contributed by atoms with E-state index in [9.17, 15) is 0 Å². The van der Waals surface area contributed by atoms with Crippen LogP contribution in [0.3, 0.4) is 0 Å². The molecule has 9 heterocycles. The maximum absolute atomic E-state index is 7.58. The highest BCUT2D eigenvalue weighted by Crippen LogP contribution is 2.59. The molecule has 0 amide bonds. The molecular weight excluding hydrogens is 1490 g/mol. The van der Waals surface area contributed by atoms with Crippen LogP contribution in [0.4, 0.5) is 0 Å². The monoisotopic (exact) mass is 1600 g/mol. The summed E-state index contributed by atoms with van der Waals surface area (Å²) < 4.78 is 65.2. The number of aromatic amines is 2. The van der Waals surface area contributed by atoms with E-state index in [2.05, 4.69) is 249 Å². The predicted molar refractivity (Wildman–Crippen MR) is 486 cm³/mol. The SMILES string of the molecule is CCCCCCC1c2cc3c4c(C)c2OCOc2c1cc1c(c2C)OCOc2c(cc5c(c2COc2cccc(-c6c7nc(c(-c8ccc(C)cc8)c8ccc([nH]8)c(-c8ccc(C)cc8)c8nc(c(-c9ccc(C)cc9)c9ccc6[nH]9)C=C8)C=C7)c2)OCOc2c(cc(c(c2C)OCO4)C3CCCCCC)C5CCCCCC)C1CCCCCC. The first kappa shape index (κ1) is 79.7. The van der Waals surface area contributed by atoms with Gasteiger partial charge in [-0.2, -0.15) is 0 Å². The number of rotatable bonds is 27. The van der Waals surface area contributed by atoms with Crippen molar-refractivity contribution < 1.29 is 42.6 Å². The molecule has 13 heteroatoms. The largest absolute Gasteiger partial charge is 0.489 e. The van der Waals surface area contributed by atoms with Crippen LogP contribution in [0.5, 0.6) is 51.7 Å². The molecule has 120 heavy (non-hydrogen) atoms. The fourth-order valence-corrected chi connectivity index (χ4v) is 20.0. The van der Waals surface area contributed by atoms with Crippen molar-refractivity contribution >= 4 is 46.4 Å². The van der Waals surface area contributed by atoms with Gasteiger partial charge in [0.05, 0.1) is 28.3 Å². The van der Waals surface area contributed by atoms with Crippen LogP contribution in [-0.4, -0.2) is 47.1 Å². The molecule has 616 valence electrons. The molecule has 4 unspecified atom stereocenters. The Balaban J connectivity index is 0.862. The van der Waals surface area contributed by atoms with Crippen LogP contribution in [-0.2, 0) is 6.61 Å². The molecule has 0 saturated carbocycles. The number of nitrogens with zero attached hydrogens (tertiary/aromatic N) is 2. The highest BCUT2D eigenvalue weighted by atomic mass is 16.7. The highest BCUT2D eigenvalue weighted by Gasteiger charge is 2.41. The van der Waals surface area contributed by atoms with Gasteiger partial charge in [-0.25, -0.2) is 9.97 Å². The molecular formula is C107H114N4O9. The summed E-state index contributed by atoms with van der Waals surface area (Å²) in [5.41, 5.74) is 31.5. The molecule has 18 rings (SSSR count). The lowest BCUT2D eigenvalue weighted by Gasteiger charge is -2.37. The van der Waals surface area contributed by atoms with Gasteiger partial charge < -0.3 is 52.6 Å². The number of H-pyrrole nitrogens is 2. The molecule has 0 radical (unpaired) electrons. The Hall–Kier alpha value is -11.4. The fraction of sp³-hybridized carbons (Fsp3) is 0.364. The fourth-order valence-electron chi connectivity index (χ4n) is 20.0. The molecule has 0 saturated heterocycles. The van der Waals surface area contributed by atoms with Crippen molar-refractivity contribution in [3.63, 3.8) is 0 Å². The van der Waals surface area contributed by atoms with Crippen LogP contribution in [0.1, 0.15) is 286 Å². The summed E-state index contributed by atoms with van der Waals surface area (Å²) in [4.78, 5) is 19.4. The third-order valence-electron chi connectivity index (χ3n) is 26.2. The molecule has 3 aromatic heterocycles. The van der Waals surface area contributed by atoms with Crippen LogP contribution in [0.15, 0.2) is 146 Å². The quantitative estimate of drug-likeness (QED) is 0.0476. The third-order valence-corrected chi connectivity index (χ3v) is 26.2. The Morgan fingerprint density at radius 1 is 0.300 bits per heavy atom. The van der Waals surface area contributed by atoms with Crippen molar-refractivity contribution in [1.82, 2.24) is 19.9 Å². The van der Waals surface area contributed by atoms with Crippen molar-refractivity contribution in [2.75, 3.05) is 27.2 Å². The van der Waals surface area contributed by atoms with Crippen LogP contribution in [0.25, 0.3) is 90.9 Å². The maximum atomic E-state index is 7.58. The van der Waals surface area contributed by atoms with E-state index in [1.165, 1.54) is 38.9 Å². The van der Waals surface area contributed by atoms with Gasteiger partial charge in [0.15, 0.2) is 0 Å². The molecule has 4 atom stereocenters. The van der Waals surface area contributed by atoms with E-state index in [-0.39, 0.29) is 57.5 Å². The molecule has 2 N–H and O–H groups in total. The summed E-state index contributed by atoms with van der Waals surface area (Å²) in [7, 11) is 0. The molecule has 7 aliphatic rings. The smallest absolute Gasteiger partial charge is 0.230 e. The molecule has 0 spiro atoms. The predicted octanol–water partition coefficient (Wildman–Crippen LogP) is 28.4. The number of aryl methyl sites for hydroxylation is 3. The molecule has 8 aromatic carbocycles. The first-order valence-electron chi connectivity index (χ1n) is 44.7. The van der Waals surface area contributed by atoms with Gasteiger partial charge in [0, 0.05) is 129 Å². The molecule has 6 aliphatic heterocycles. The topological polar surface area (TPSA) is 140 Å². The third kappa shape index (κ3) is 15.4. The average molecular weight is 1600 g/mol. The molecule has 0 fully saturated rings. The van der Waals surface area contributed by atoms with Gasteiger partial charge in [0.2, 0.25) is 27.2 Å². The van der Waals surface area contributed by atoms with E-state index < -0.39 is 0 Å². The average Bonchev–Trinajstić information content (AvgIpc) is 0.903. The number of hydrogen-bond donors (Lipinski definition) is 2. The van der Waals surface area contributed by atoms with Crippen molar-refractivity contribution in [2.45, 2.75) is 228 Å². The summed E-state index contributed by atoms with van der Waals surface area (Å²) in [6.07, 6.45) is 29.7. The molecule has 11 aromatic rings. The van der Waals surface area contributed by atoms with Crippen molar-refractivity contribution in [3.8, 4) is 96.3 Å². The number of hydrogen-bond acceptors (Lipinski definition) is 11. The number of ether oxygens (including phenoxy) is 9. The zero-order valence-corrected chi connectivity index (χ0v) is 71.7. The maximum Gasteiger partial charge on any atom is 0.230 e. The second-order valence-corrected chi connectivity index (χ2v) is 34.4. The summed E-state index contributed by atoms with van der Waals surface area (Å²) in [6, 6.07) is 53.7. The van der Waals surface area contributed by atoms with E-state index in [0.717, 1.165) is 297 Å². The zero-order chi connectivity index (χ0) is 82.1. The Morgan fingerprint density at radius 2 is 0.575 bits per heavy atom. The van der Waals surface area contributed by atoms with E-state index in [1.807, 2.05) is 0 Å². The molecule has 16 bridgehead atoms. The van der Waals surface area contributed by atoms with Crippen molar-refractivity contribution in [2.24, 2.45) is 0 Å². The minimum Gasteiger partial charge on any atom is -0.489 e. The zero-order valence-electron chi connectivity index (χ0n) is 71.7. The Morgan fingerprint density at radius 3 is 0.867 bits per heavy atom. The van der Waals surface area contributed by atoms with E-state index in [4.69, 9.17) is 52.6 Å². The number of fused-ring (bicyclic) bond motifs is 8.